The lowest BCUT2D eigenvalue weighted by Crippen LogP contribution is -2.39. The van der Waals surface area contributed by atoms with E-state index in [1.807, 2.05) is 24.3 Å². The van der Waals surface area contributed by atoms with Crippen molar-refractivity contribution in [1.29, 1.82) is 0 Å². The molecule has 0 saturated carbocycles. The van der Waals surface area contributed by atoms with E-state index in [1.54, 1.807) is 19.1 Å². The van der Waals surface area contributed by atoms with Crippen LogP contribution in [0.2, 0.25) is 0 Å². The third kappa shape index (κ3) is 3.65. The number of hydrogen-bond donors (Lipinski definition) is 3. The number of carbonyl (C=O) groups is 1. The monoisotopic (exact) mass is 374 g/mol. The smallest absolute Gasteiger partial charge is 0.240 e. The number of aryl methyl sites for hydroxylation is 2. The third-order valence-electron chi connectivity index (χ3n) is 4.67. The number of aliphatic hydroxyl groups is 1. The maximum atomic E-state index is 12.7. The first-order chi connectivity index (χ1) is 12.2. The minimum atomic E-state index is -3.79. The molecule has 0 fully saturated rings. The Morgan fingerprint density at radius 1 is 1.23 bits per heavy atom. The fourth-order valence-corrected chi connectivity index (χ4v) is 4.69. The summed E-state index contributed by atoms with van der Waals surface area (Å²) in [7, 11) is -3.79. The van der Waals surface area contributed by atoms with Crippen molar-refractivity contribution in [2.75, 3.05) is 11.9 Å². The van der Waals surface area contributed by atoms with Crippen LogP contribution in [0.15, 0.2) is 47.4 Å². The molecule has 0 heterocycles. The molecule has 138 valence electrons. The normalized spacial score (nSPS) is 19.2. The van der Waals surface area contributed by atoms with Gasteiger partial charge in [-0.15, -0.1) is 0 Å². The molecule has 3 N–H and O–H groups in total. The average Bonchev–Trinajstić information content (AvgIpc) is 2.91. The van der Waals surface area contributed by atoms with Crippen LogP contribution in [0.25, 0.3) is 0 Å². The molecule has 1 unspecified atom stereocenters. The number of carbonyl (C=O) groups excluding carboxylic acids is 1. The summed E-state index contributed by atoms with van der Waals surface area (Å²) in [6.07, 6.45) is 1.20. The van der Waals surface area contributed by atoms with Crippen molar-refractivity contribution in [2.24, 2.45) is 0 Å². The SMILES string of the molecule is CC(=O)Nc1ccc(S(=O)(=O)NCC2(O)CCc3ccccc32)c(C)c1. The van der Waals surface area contributed by atoms with Crippen LogP contribution >= 0.6 is 0 Å². The first-order valence-electron chi connectivity index (χ1n) is 8.40. The van der Waals surface area contributed by atoms with E-state index in [9.17, 15) is 18.3 Å². The van der Waals surface area contributed by atoms with Gasteiger partial charge >= 0.3 is 0 Å². The van der Waals surface area contributed by atoms with Crippen LogP contribution in [0, 0.1) is 6.92 Å². The molecule has 7 heteroatoms. The summed E-state index contributed by atoms with van der Waals surface area (Å²) in [5, 5.41) is 13.5. The minimum Gasteiger partial charge on any atom is -0.384 e. The first-order valence-corrected chi connectivity index (χ1v) is 9.88. The Balaban J connectivity index is 1.79. The Morgan fingerprint density at radius 2 is 1.96 bits per heavy atom. The van der Waals surface area contributed by atoms with Gasteiger partial charge in [0.05, 0.1) is 4.90 Å². The van der Waals surface area contributed by atoms with E-state index in [1.165, 1.54) is 13.0 Å². The molecule has 0 spiro atoms. The van der Waals surface area contributed by atoms with Gasteiger partial charge in [-0.25, -0.2) is 13.1 Å². The van der Waals surface area contributed by atoms with Gasteiger partial charge in [-0.1, -0.05) is 24.3 Å². The lowest BCUT2D eigenvalue weighted by molar-refractivity contribution is -0.114. The number of rotatable bonds is 5. The fourth-order valence-electron chi connectivity index (χ4n) is 3.38. The van der Waals surface area contributed by atoms with Crippen molar-refractivity contribution in [1.82, 2.24) is 4.72 Å². The second kappa shape index (κ2) is 6.83. The number of nitrogens with one attached hydrogen (secondary N) is 2. The van der Waals surface area contributed by atoms with Gasteiger partial charge in [-0.05, 0) is 54.7 Å². The average molecular weight is 374 g/mol. The molecule has 6 nitrogen and oxygen atoms in total. The quantitative estimate of drug-likeness (QED) is 0.747. The molecule has 1 aliphatic rings. The molecule has 0 saturated heterocycles. The summed E-state index contributed by atoms with van der Waals surface area (Å²) in [4.78, 5) is 11.2. The molecule has 26 heavy (non-hydrogen) atoms. The Hall–Kier alpha value is -2.22. The Bertz CT molecular complexity index is 956. The van der Waals surface area contributed by atoms with Gasteiger partial charge in [0.15, 0.2) is 0 Å². The van der Waals surface area contributed by atoms with Crippen molar-refractivity contribution < 1.29 is 18.3 Å². The van der Waals surface area contributed by atoms with E-state index >= 15 is 0 Å². The van der Waals surface area contributed by atoms with Crippen LogP contribution < -0.4 is 10.0 Å². The molecule has 1 aliphatic carbocycles. The number of hydrogen-bond acceptors (Lipinski definition) is 4. The number of fused-ring (bicyclic) bond motifs is 1. The Labute approximate surface area is 153 Å². The van der Waals surface area contributed by atoms with E-state index in [0.717, 1.165) is 17.5 Å². The zero-order chi connectivity index (χ0) is 18.9. The van der Waals surface area contributed by atoms with Gasteiger partial charge in [0.1, 0.15) is 5.60 Å². The van der Waals surface area contributed by atoms with Gasteiger partial charge < -0.3 is 10.4 Å². The summed E-state index contributed by atoms with van der Waals surface area (Å²) in [5.41, 5.74) is 1.68. The molecule has 0 radical (unpaired) electrons. The molecule has 0 bridgehead atoms. The molecule has 0 aliphatic heterocycles. The largest absolute Gasteiger partial charge is 0.384 e. The molecule has 2 aromatic carbocycles. The van der Waals surface area contributed by atoms with Gasteiger partial charge in [0.2, 0.25) is 15.9 Å². The Kier molecular flexibility index (Phi) is 4.88. The fraction of sp³-hybridized carbons (Fsp3) is 0.316. The van der Waals surface area contributed by atoms with Crippen molar-refractivity contribution in [2.45, 2.75) is 37.2 Å². The predicted molar refractivity (Wildman–Crippen MR) is 99.3 cm³/mol. The van der Waals surface area contributed by atoms with E-state index in [2.05, 4.69) is 10.0 Å². The van der Waals surface area contributed by atoms with Gasteiger partial charge in [-0.2, -0.15) is 0 Å². The van der Waals surface area contributed by atoms with Crippen molar-refractivity contribution in [3.05, 3.63) is 59.2 Å². The van der Waals surface area contributed by atoms with Crippen LogP contribution in [-0.2, 0) is 26.8 Å². The van der Waals surface area contributed by atoms with Crippen LogP contribution in [-0.4, -0.2) is 26.0 Å². The second-order valence-electron chi connectivity index (χ2n) is 6.67. The van der Waals surface area contributed by atoms with E-state index in [-0.39, 0.29) is 17.3 Å². The number of sulfonamides is 1. The molecular weight excluding hydrogens is 352 g/mol. The molecule has 0 aromatic heterocycles. The number of anilines is 1. The van der Waals surface area contributed by atoms with Crippen molar-refractivity contribution in [3.63, 3.8) is 0 Å². The van der Waals surface area contributed by atoms with Crippen molar-refractivity contribution in [3.8, 4) is 0 Å². The van der Waals surface area contributed by atoms with E-state index < -0.39 is 15.6 Å². The van der Waals surface area contributed by atoms with E-state index in [0.29, 0.717) is 17.7 Å². The molecule has 2 aromatic rings. The van der Waals surface area contributed by atoms with Crippen LogP contribution in [0.4, 0.5) is 5.69 Å². The summed E-state index contributed by atoms with van der Waals surface area (Å²) in [6, 6.07) is 12.1. The standard InChI is InChI=1S/C19H22N2O4S/c1-13-11-16(21-14(2)22)7-8-18(13)26(24,25)20-12-19(23)10-9-15-5-3-4-6-17(15)19/h3-8,11,20,23H,9-10,12H2,1-2H3,(H,21,22). The van der Waals surface area contributed by atoms with Gasteiger partial charge in [0, 0.05) is 19.2 Å². The number of amides is 1. The third-order valence-corrected chi connectivity index (χ3v) is 6.23. The van der Waals surface area contributed by atoms with Gasteiger partial charge in [-0.3, -0.25) is 4.79 Å². The summed E-state index contributed by atoms with van der Waals surface area (Å²) < 4.78 is 27.9. The van der Waals surface area contributed by atoms with Gasteiger partial charge in [0.25, 0.3) is 0 Å². The highest BCUT2D eigenvalue weighted by Gasteiger charge is 2.37. The summed E-state index contributed by atoms with van der Waals surface area (Å²) in [6.45, 7) is 2.97. The highest BCUT2D eigenvalue weighted by molar-refractivity contribution is 7.89. The predicted octanol–water partition coefficient (Wildman–Crippen LogP) is 2.07. The summed E-state index contributed by atoms with van der Waals surface area (Å²) >= 11 is 0. The maximum absolute atomic E-state index is 12.7. The Morgan fingerprint density at radius 3 is 2.65 bits per heavy atom. The van der Waals surface area contributed by atoms with Crippen molar-refractivity contribution >= 4 is 21.6 Å². The molecular formula is C19H22N2O4S. The summed E-state index contributed by atoms with van der Waals surface area (Å²) in [5.74, 6) is -0.222. The lowest BCUT2D eigenvalue weighted by atomic mass is 9.96. The highest BCUT2D eigenvalue weighted by Crippen LogP contribution is 2.36. The number of benzene rings is 2. The van der Waals surface area contributed by atoms with E-state index in [4.69, 9.17) is 0 Å². The molecule has 1 amide bonds. The van der Waals surface area contributed by atoms with Crippen LogP contribution in [0.1, 0.15) is 30.0 Å². The van der Waals surface area contributed by atoms with Crippen LogP contribution in [0.5, 0.6) is 0 Å². The molecule has 1 atom stereocenters. The maximum Gasteiger partial charge on any atom is 0.240 e. The second-order valence-corrected chi connectivity index (χ2v) is 8.41. The lowest BCUT2D eigenvalue weighted by Gasteiger charge is -2.24. The minimum absolute atomic E-state index is 0.0841. The first kappa shape index (κ1) is 18.6. The zero-order valence-electron chi connectivity index (χ0n) is 14.7. The van der Waals surface area contributed by atoms with Crippen LogP contribution in [0.3, 0.4) is 0 Å². The zero-order valence-corrected chi connectivity index (χ0v) is 15.6. The molecule has 3 rings (SSSR count). The highest BCUT2D eigenvalue weighted by atomic mass is 32.2. The topological polar surface area (TPSA) is 95.5 Å².